The Bertz CT molecular complexity index is 881. The Kier molecular flexibility index (Phi) is 8.83. The van der Waals surface area contributed by atoms with Crippen molar-refractivity contribution in [2.75, 3.05) is 0 Å². The van der Waals surface area contributed by atoms with Gasteiger partial charge >= 0.3 is 0 Å². The van der Waals surface area contributed by atoms with Gasteiger partial charge in [0, 0.05) is 23.8 Å². The van der Waals surface area contributed by atoms with Gasteiger partial charge in [0.1, 0.15) is 0 Å². The molecule has 164 valence electrons. The molecule has 0 bridgehead atoms. The van der Waals surface area contributed by atoms with Crippen LogP contribution in [-0.2, 0) is 4.79 Å². The Morgan fingerprint density at radius 3 is 2.00 bits per heavy atom. The van der Waals surface area contributed by atoms with Crippen molar-refractivity contribution in [1.29, 1.82) is 0 Å². The lowest BCUT2D eigenvalue weighted by Crippen LogP contribution is -2.33. The number of hydrogen-bond donors (Lipinski definition) is 1. The molecule has 2 aromatic rings. The lowest BCUT2D eigenvalue weighted by molar-refractivity contribution is -0.385. The van der Waals surface area contributed by atoms with Crippen molar-refractivity contribution in [3.05, 3.63) is 81.9 Å². The van der Waals surface area contributed by atoms with E-state index in [4.69, 9.17) is 0 Å². The summed E-state index contributed by atoms with van der Waals surface area (Å²) in [4.78, 5) is 24.2. The first kappa shape index (κ1) is 22.7. The highest BCUT2D eigenvalue weighted by atomic mass is 16.6. The van der Waals surface area contributed by atoms with E-state index < -0.39 is 4.92 Å². The van der Waals surface area contributed by atoms with Crippen LogP contribution in [0.4, 0.5) is 5.69 Å². The maximum atomic E-state index is 13.0. The van der Waals surface area contributed by atoms with Gasteiger partial charge in [-0.25, -0.2) is 0 Å². The predicted molar refractivity (Wildman–Crippen MR) is 125 cm³/mol. The largest absolute Gasteiger partial charge is 0.350 e. The predicted octanol–water partition coefficient (Wildman–Crippen LogP) is 6.43. The SMILES string of the molecule is O=C(/C=C(/c1ccccc1)c1ccccc1[N+](=O)[O-])NC1CCCCCCCCCC1. The monoisotopic (exact) mass is 420 g/mol. The highest BCUT2D eigenvalue weighted by Gasteiger charge is 2.19. The van der Waals surface area contributed by atoms with E-state index in [2.05, 4.69) is 5.32 Å². The molecule has 0 saturated heterocycles. The fourth-order valence-corrected chi connectivity index (χ4v) is 4.30. The van der Waals surface area contributed by atoms with Crippen molar-refractivity contribution in [2.24, 2.45) is 0 Å². The average molecular weight is 421 g/mol. The summed E-state index contributed by atoms with van der Waals surface area (Å²) in [6, 6.07) is 16.2. The molecule has 0 aliphatic heterocycles. The van der Waals surface area contributed by atoms with Crippen LogP contribution < -0.4 is 5.32 Å². The third-order valence-corrected chi connectivity index (χ3v) is 5.95. The van der Waals surface area contributed by atoms with Crippen LogP contribution in [0.5, 0.6) is 0 Å². The molecular weight excluding hydrogens is 388 g/mol. The van der Waals surface area contributed by atoms with Crippen LogP contribution in [0.2, 0.25) is 0 Å². The van der Waals surface area contributed by atoms with Crippen molar-refractivity contribution in [3.63, 3.8) is 0 Å². The third-order valence-electron chi connectivity index (χ3n) is 5.95. The molecule has 5 nitrogen and oxygen atoms in total. The number of hydrogen-bond acceptors (Lipinski definition) is 3. The van der Waals surface area contributed by atoms with Crippen LogP contribution in [0.15, 0.2) is 60.7 Å². The van der Waals surface area contributed by atoms with Crippen LogP contribution in [0.1, 0.15) is 75.3 Å². The van der Waals surface area contributed by atoms with Crippen molar-refractivity contribution in [1.82, 2.24) is 5.32 Å². The molecule has 0 spiro atoms. The average Bonchev–Trinajstić information content (AvgIpc) is 2.84. The number of nitrogens with zero attached hydrogens (tertiary/aromatic N) is 1. The van der Waals surface area contributed by atoms with Gasteiger partial charge in [-0.05, 0) is 24.5 Å². The van der Waals surface area contributed by atoms with E-state index in [1.807, 2.05) is 30.3 Å². The molecule has 1 fully saturated rings. The van der Waals surface area contributed by atoms with Gasteiger partial charge < -0.3 is 5.32 Å². The van der Waals surface area contributed by atoms with Crippen LogP contribution in [0.3, 0.4) is 0 Å². The van der Waals surface area contributed by atoms with Crippen LogP contribution in [-0.4, -0.2) is 16.9 Å². The Balaban J connectivity index is 1.84. The van der Waals surface area contributed by atoms with Gasteiger partial charge in [0.2, 0.25) is 5.91 Å². The van der Waals surface area contributed by atoms with Gasteiger partial charge in [-0.1, -0.05) is 93.8 Å². The number of amides is 1. The maximum Gasteiger partial charge on any atom is 0.277 e. The third kappa shape index (κ3) is 7.06. The van der Waals surface area contributed by atoms with Crippen molar-refractivity contribution < 1.29 is 9.72 Å². The molecular formula is C26H32N2O3. The first-order valence-electron chi connectivity index (χ1n) is 11.5. The normalized spacial score (nSPS) is 16.8. The molecule has 0 radical (unpaired) electrons. The summed E-state index contributed by atoms with van der Waals surface area (Å²) in [5.41, 5.74) is 1.81. The number of benzene rings is 2. The van der Waals surface area contributed by atoms with Crippen LogP contribution in [0.25, 0.3) is 5.57 Å². The number of nitro groups is 1. The molecule has 0 aromatic heterocycles. The second-order valence-corrected chi connectivity index (χ2v) is 8.31. The molecule has 5 heteroatoms. The molecule has 1 saturated carbocycles. The summed E-state index contributed by atoms with van der Waals surface area (Å²) in [6.45, 7) is 0. The van der Waals surface area contributed by atoms with E-state index in [1.165, 1.54) is 50.7 Å². The van der Waals surface area contributed by atoms with E-state index in [0.29, 0.717) is 11.1 Å². The molecule has 0 unspecified atom stereocenters. The molecule has 31 heavy (non-hydrogen) atoms. The maximum absolute atomic E-state index is 13.0. The minimum absolute atomic E-state index is 0.000319. The minimum atomic E-state index is -0.395. The second-order valence-electron chi connectivity index (χ2n) is 8.31. The molecule has 0 atom stereocenters. The first-order chi connectivity index (χ1) is 15.1. The van der Waals surface area contributed by atoms with E-state index in [9.17, 15) is 14.9 Å². The van der Waals surface area contributed by atoms with E-state index in [0.717, 1.165) is 31.2 Å². The Morgan fingerprint density at radius 2 is 1.39 bits per heavy atom. The molecule has 1 N–H and O–H groups in total. The summed E-state index contributed by atoms with van der Waals surface area (Å²) in [5, 5.41) is 14.8. The fraction of sp³-hybridized carbons (Fsp3) is 0.423. The Hall–Kier alpha value is -2.95. The number of nitro benzene ring substituents is 1. The van der Waals surface area contributed by atoms with Gasteiger partial charge in [-0.15, -0.1) is 0 Å². The van der Waals surface area contributed by atoms with Crippen LogP contribution in [0, 0.1) is 10.1 Å². The summed E-state index contributed by atoms with van der Waals surface area (Å²) in [7, 11) is 0. The smallest absolute Gasteiger partial charge is 0.277 e. The number of carbonyl (C=O) groups is 1. The number of para-hydroxylation sites is 1. The molecule has 0 heterocycles. The van der Waals surface area contributed by atoms with Crippen LogP contribution >= 0.6 is 0 Å². The van der Waals surface area contributed by atoms with Crippen molar-refractivity contribution >= 4 is 17.2 Å². The number of carbonyl (C=O) groups excluding carboxylic acids is 1. The topological polar surface area (TPSA) is 72.2 Å². The summed E-state index contributed by atoms with van der Waals surface area (Å²) in [5.74, 6) is -0.183. The molecule has 3 rings (SSSR count). The van der Waals surface area contributed by atoms with Crippen molar-refractivity contribution in [3.8, 4) is 0 Å². The zero-order valence-corrected chi connectivity index (χ0v) is 18.1. The van der Waals surface area contributed by atoms with E-state index in [1.54, 1.807) is 18.2 Å². The van der Waals surface area contributed by atoms with Gasteiger partial charge in [-0.3, -0.25) is 14.9 Å². The van der Waals surface area contributed by atoms with Gasteiger partial charge in [0.25, 0.3) is 5.69 Å². The molecule has 1 amide bonds. The molecule has 1 aliphatic carbocycles. The second kappa shape index (κ2) is 12.0. The summed E-state index contributed by atoms with van der Waals surface area (Å²) in [6.07, 6.45) is 13.4. The summed E-state index contributed by atoms with van der Waals surface area (Å²) >= 11 is 0. The molecule has 2 aromatic carbocycles. The van der Waals surface area contributed by atoms with E-state index in [-0.39, 0.29) is 17.6 Å². The fourth-order valence-electron chi connectivity index (χ4n) is 4.30. The lowest BCUT2D eigenvalue weighted by atomic mass is 9.95. The van der Waals surface area contributed by atoms with Gasteiger partial charge in [-0.2, -0.15) is 0 Å². The Morgan fingerprint density at radius 1 is 0.839 bits per heavy atom. The highest BCUT2D eigenvalue weighted by molar-refractivity contribution is 6.00. The van der Waals surface area contributed by atoms with Crippen molar-refractivity contribution in [2.45, 2.75) is 70.3 Å². The standard InChI is InChI=1S/C26H32N2O3/c29-26(27-22-16-10-5-3-1-2-4-6-11-17-22)20-24(21-14-8-7-9-15-21)23-18-12-13-19-25(23)28(30)31/h7-9,12-15,18-20,22H,1-6,10-11,16-17H2,(H,27,29)/b24-20-. The van der Waals surface area contributed by atoms with Gasteiger partial charge in [0.15, 0.2) is 0 Å². The Labute approximate surface area is 184 Å². The molecule has 1 aliphatic rings. The minimum Gasteiger partial charge on any atom is -0.350 e. The zero-order valence-electron chi connectivity index (χ0n) is 18.1. The van der Waals surface area contributed by atoms with Gasteiger partial charge in [0.05, 0.1) is 10.5 Å². The summed E-state index contributed by atoms with van der Waals surface area (Å²) < 4.78 is 0. The highest BCUT2D eigenvalue weighted by Crippen LogP contribution is 2.30. The van der Waals surface area contributed by atoms with E-state index >= 15 is 0 Å². The lowest BCUT2D eigenvalue weighted by Gasteiger charge is -2.18. The first-order valence-corrected chi connectivity index (χ1v) is 11.5. The number of nitrogens with one attached hydrogen (secondary N) is 1. The quantitative estimate of drug-likeness (QED) is 0.344. The number of rotatable bonds is 5. The zero-order chi connectivity index (χ0) is 21.9.